The van der Waals surface area contributed by atoms with E-state index in [1.807, 2.05) is 202 Å². The first-order chi connectivity index (χ1) is 43.9. The molecular formula is C54H60B4Cl4Eu2N24O4. The zero-order valence-corrected chi connectivity index (χ0v) is 57.8. The maximum absolute atomic E-state index is 11.4. The largest absolute Gasteiger partial charge is 3.00 e. The van der Waals surface area contributed by atoms with Gasteiger partial charge in [-0.05, 0) is 172 Å². The third-order valence-electron chi connectivity index (χ3n) is 13.1. The van der Waals surface area contributed by atoms with E-state index in [0.717, 1.165) is 0 Å². The minimum atomic E-state index is -1.12. The van der Waals surface area contributed by atoms with E-state index in [-0.39, 0.29) is 144 Å². The molecule has 0 atom stereocenters. The third-order valence-corrected chi connectivity index (χ3v) is 13.1. The first-order valence-electron chi connectivity index (χ1n) is 27.6. The molecule has 38 heteroatoms. The van der Waals surface area contributed by atoms with E-state index in [0.29, 0.717) is 11.1 Å². The van der Waals surface area contributed by atoms with Gasteiger partial charge in [0.05, 0.1) is 10.7 Å². The number of hydrogen-bond acceptors (Lipinski definition) is 16. The Morgan fingerprint density at radius 1 is 0.304 bits per heavy atom. The standard InChI is InChI=1S/C16H18O4.4C9H10BN6.2CH2Cl2.2Eu/c1-9(17)15(10(2)18)13-5-7-14(8-6-13)16(11(3)19)12(4)20;4*1-4-11-14(7-1)10(15-8-2-5-12-15)16-9-3-6-13-16;2*2-1-3;;/h5-8,17,19H,1-4H3;4*1-10H;2*1H2;;/q;4*-1;;;2*+3/p-2/b15-9+,16-11+;;;;;;;;. The van der Waals surface area contributed by atoms with Crippen LogP contribution in [-0.2, 0) is 9.59 Å². The van der Waals surface area contributed by atoms with Crippen molar-refractivity contribution in [1.82, 2.24) is 116 Å². The number of nitrogens with zero attached hydrogens (tertiary/aromatic N) is 24. The van der Waals surface area contributed by atoms with Crippen molar-refractivity contribution in [3.05, 3.63) is 268 Å². The van der Waals surface area contributed by atoms with E-state index in [2.05, 4.69) is 61.2 Å². The molecule has 1 aromatic carbocycles. The van der Waals surface area contributed by atoms with E-state index in [9.17, 15) is 19.8 Å². The van der Waals surface area contributed by atoms with Gasteiger partial charge in [0.1, 0.15) is 0 Å². The van der Waals surface area contributed by atoms with Gasteiger partial charge in [-0.1, -0.05) is 38.1 Å². The van der Waals surface area contributed by atoms with Crippen LogP contribution in [0.3, 0.4) is 0 Å². The Morgan fingerprint density at radius 2 is 0.424 bits per heavy atom. The number of benzene rings is 1. The van der Waals surface area contributed by atoms with Gasteiger partial charge in [-0.15, -0.1) is 57.9 Å². The van der Waals surface area contributed by atoms with Crippen LogP contribution in [0.25, 0.3) is 11.1 Å². The summed E-state index contributed by atoms with van der Waals surface area (Å²) in [7, 11) is -4.50. The number of carbonyl (C=O) groups excluding carboxylic acids is 2. The molecule has 0 aliphatic rings. The summed E-state index contributed by atoms with van der Waals surface area (Å²) in [5, 5.41) is 74.4. The normalized spacial score (nSPS) is 11.0. The maximum Gasteiger partial charge on any atom is 3.00 e. The molecule has 0 bridgehead atoms. The number of Topliss-reactive ketones (excluding diaryl/α,β-unsaturated/α-hetero) is 2. The van der Waals surface area contributed by atoms with Gasteiger partial charge in [0.2, 0.25) is 0 Å². The molecule has 13 aromatic rings. The van der Waals surface area contributed by atoms with Gasteiger partial charge in [0.25, 0.3) is 0 Å². The summed E-state index contributed by atoms with van der Waals surface area (Å²) in [6.07, 6.45) is 44.1. The summed E-state index contributed by atoms with van der Waals surface area (Å²) in [6.45, 7) is 5.31. The van der Waals surface area contributed by atoms with Gasteiger partial charge < -0.3 is 65.3 Å². The summed E-state index contributed by atoms with van der Waals surface area (Å²) < 4.78 is 22.5. The third kappa shape index (κ3) is 21.9. The Labute approximate surface area is 631 Å². The van der Waals surface area contributed by atoms with Crippen molar-refractivity contribution < 1.29 is 119 Å². The van der Waals surface area contributed by atoms with Gasteiger partial charge in [0.15, 0.2) is 11.6 Å². The SMILES string of the molecule is CC(=O)/C(=C(/C)[O-])c1ccc(/C(C(C)=O)=C(\C)[O-])cc1.ClCCl.ClCCl.[Eu+3].[Eu+3].c1cnn([BH-](n2cccn2)n2cccn2)c1.c1cnn([BH-](n2cccn2)n2cccn2)c1.c1cnn([BH-](n2cccn2)n2cccn2)c1.c1cnn([BH-](n2cccn2)n2cccn2)c1. The summed E-state index contributed by atoms with van der Waals surface area (Å²) >= 11 is 19.1. The van der Waals surface area contributed by atoms with E-state index >= 15 is 0 Å². The second-order valence-corrected chi connectivity index (χ2v) is 20.6. The van der Waals surface area contributed by atoms with Crippen LogP contribution in [0.5, 0.6) is 0 Å². The van der Waals surface area contributed by atoms with Crippen LogP contribution < -0.4 is 10.2 Å². The van der Waals surface area contributed by atoms with Gasteiger partial charge in [-0.2, -0.15) is 0 Å². The number of rotatable bonds is 16. The van der Waals surface area contributed by atoms with E-state index < -0.39 is 28.5 Å². The Hall–Kier alpha value is -7.25. The van der Waals surface area contributed by atoms with Gasteiger partial charge >= 0.3 is 127 Å². The number of ketones is 2. The Bertz CT molecular complexity index is 3220. The van der Waals surface area contributed by atoms with Crippen LogP contribution in [0, 0.1) is 98.8 Å². The summed E-state index contributed by atoms with van der Waals surface area (Å²) in [5.41, 5.74) is 1.20. The molecule has 92 heavy (non-hydrogen) atoms. The van der Waals surface area contributed by atoms with Crippen LogP contribution in [-0.4, -0.2) is 167 Å². The Kier molecular flexibility index (Phi) is 33.4. The first kappa shape index (κ1) is 75.5. The van der Waals surface area contributed by atoms with Crippen molar-refractivity contribution in [3.8, 4) is 0 Å². The van der Waals surface area contributed by atoms with Crippen molar-refractivity contribution in [3.63, 3.8) is 0 Å². The number of alkyl halides is 4. The molecule has 0 fully saturated rings. The number of halogens is 4. The minimum Gasteiger partial charge on any atom is -0.875 e. The van der Waals surface area contributed by atoms with E-state index in [4.69, 9.17) is 46.4 Å². The molecule has 0 spiro atoms. The molecule has 0 radical (unpaired) electrons. The fourth-order valence-corrected chi connectivity index (χ4v) is 9.51. The predicted molar refractivity (Wildman–Crippen MR) is 346 cm³/mol. The topological polar surface area (TPSA) is 294 Å². The van der Waals surface area contributed by atoms with Gasteiger partial charge in [0, 0.05) is 85.5 Å². The van der Waals surface area contributed by atoms with Crippen molar-refractivity contribution in [1.29, 1.82) is 0 Å². The molecule has 0 aliphatic heterocycles. The average molecular weight is 1600 g/mol. The molecule has 0 amide bonds. The quantitative estimate of drug-likeness (QED) is 0.0577. The van der Waals surface area contributed by atoms with Crippen molar-refractivity contribution in [2.24, 2.45) is 0 Å². The van der Waals surface area contributed by atoms with Crippen LogP contribution in [0.1, 0.15) is 38.8 Å². The molecule has 12 heterocycles. The molecule has 0 saturated carbocycles. The first-order valence-corrected chi connectivity index (χ1v) is 29.7. The van der Waals surface area contributed by atoms with Crippen LogP contribution in [0.4, 0.5) is 0 Å². The molecule has 12 aromatic heterocycles. The summed E-state index contributed by atoms with van der Waals surface area (Å²) in [4.78, 5) is 22.9. The fourth-order valence-electron chi connectivity index (χ4n) is 9.51. The van der Waals surface area contributed by atoms with E-state index in [1.165, 1.54) is 27.7 Å². The molecule has 0 saturated heterocycles. The van der Waals surface area contributed by atoms with Gasteiger partial charge in [-0.25, -0.2) is 61.2 Å². The molecule has 474 valence electrons. The van der Waals surface area contributed by atoms with Crippen molar-refractivity contribution >= 4 is 97.6 Å². The second kappa shape index (κ2) is 40.7. The molecule has 28 nitrogen and oxygen atoms in total. The molecule has 0 aliphatic carbocycles. The molecule has 0 unspecified atom stereocenters. The minimum absolute atomic E-state index is 0. The average Bonchev–Trinajstić information content (AvgIpc) is 2.20. The van der Waals surface area contributed by atoms with Gasteiger partial charge in [-0.3, -0.25) is 9.59 Å². The molecular weight excluding hydrogens is 1540 g/mol. The molecule has 0 N–H and O–H groups in total. The van der Waals surface area contributed by atoms with E-state index in [1.54, 1.807) is 98.6 Å². The van der Waals surface area contributed by atoms with Crippen LogP contribution in [0.15, 0.2) is 257 Å². The number of carbonyl (C=O) groups is 2. The Morgan fingerprint density at radius 3 is 0.500 bits per heavy atom. The zero-order chi connectivity index (χ0) is 64.0. The molecule has 13 rings (SSSR count). The fraction of sp³-hybridized carbons (Fsp3) is 0.111. The van der Waals surface area contributed by atoms with Crippen molar-refractivity contribution in [2.75, 3.05) is 10.7 Å². The summed E-state index contributed by atoms with van der Waals surface area (Å²) in [6, 6.07) is 29.0. The predicted octanol–water partition coefficient (Wildman–Crippen LogP) is 3.64. The maximum atomic E-state index is 11.4. The second-order valence-electron chi connectivity index (χ2n) is 19.0. The van der Waals surface area contributed by atoms with Crippen molar-refractivity contribution in [2.45, 2.75) is 27.7 Å². The number of aromatic nitrogens is 24. The smallest absolute Gasteiger partial charge is 0.875 e. The number of hydrogen-bond donors (Lipinski definition) is 0. The zero-order valence-electron chi connectivity index (χ0n) is 50.0. The number of allylic oxidation sites excluding steroid dienone is 4. The summed E-state index contributed by atoms with van der Waals surface area (Å²) in [5.74, 6) is -1.25. The monoisotopic (exact) mass is 1600 g/mol. The Balaban J connectivity index is 0.000000203. The van der Waals surface area contributed by atoms with Crippen LogP contribution >= 0.6 is 46.4 Å². The van der Waals surface area contributed by atoms with Crippen LogP contribution in [0.2, 0.25) is 0 Å².